The number of nitrogens with one attached hydrogen (secondary N) is 2. The van der Waals surface area contributed by atoms with Gasteiger partial charge in [0, 0.05) is 25.4 Å². The molecule has 1 aliphatic heterocycles. The van der Waals surface area contributed by atoms with E-state index in [0.717, 1.165) is 0 Å². The van der Waals surface area contributed by atoms with Crippen molar-refractivity contribution in [2.24, 2.45) is 11.1 Å². The van der Waals surface area contributed by atoms with E-state index in [-0.39, 0.29) is 17.3 Å². The Balaban J connectivity index is 2.20. The highest BCUT2D eigenvalue weighted by molar-refractivity contribution is 7.89. The molecule has 0 bridgehead atoms. The van der Waals surface area contributed by atoms with Crippen LogP contribution < -0.4 is 15.8 Å². The fraction of sp³-hybridized carbons (Fsp3) is 0.500. The van der Waals surface area contributed by atoms with Crippen LogP contribution in [0, 0.1) is 5.41 Å². The van der Waals surface area contributed by atoms with Gasteiger partial charge in [0.05, 0.1) is 10.3 Å². The molecule has 0 radical (unpaired) electrons. The number of sulfonamides is 1. The Kier molecular flexibility index (Phi) is 5.17. The van der Waals surface area contributed by atoms with Gasteiger partial charge in [-0.2, -0.15) is 0 Å². The third-order valence-electron chi connectivity index (χ3n) is 3.99. The zero-order valence-electron chi connectivity index (χ0n) is 12.5. The number of carbonyl (C=O) groups is 1. The summed E-state index contributed by atoms with van der Waals surface area (Å²) >= 11 is 0. The number of rotatable bonds is 5. The van der Waals surface area contributed by atoms with E-state index >= 15 is 0 Å². The van der Waals surface area contributed by atoms with Crippen LogP contribution >= 0.6 is 0 Å². The van der Waals surface area contributed by atoms with Crippen LogP contribution in [0.4, 0.5) is 5.69 Å². The lowest BCUT2D eigenvalue weighted by atomic mass is 9.79. The lowest BCUT2D eigenvalue weighted by molar-refractivity contribution is -0.130. The van der Waals surface area contributed by atoms with Gasteiger partial charge in [-0.15, -0.1) is 0 Å². The standard InChI is InChI=1S/C14H21N3O4S/c1-16-22(19,20)12-4-2-3-11(9-12)17-13(18)14(10-15)5-7-21-8-6-14/h2-4,9,16H,5-8,10,15H2,1H3,(H,17,18). The first-order chi connectivity index (χ1) is 10.4. The predicted octanol–water partition coefficient (Wildman–Crippen LogP) is 0.289. The molecule has 0 spiro atoms. The third-order valence-corrected chi connectivity index (χ3v) is 5.41. The molecule has 1 saturated heterocycles. The Morgan fingerprint density at radius 2 is 2.05 bits per heavy atom. The van der Waals surface area contributed by atoms with Crippen molar-refractivity contribution in [1.29, 1.82) is 0 Å². The lowest BCUT2D eigenvalue weighted by Crippen LogP contribution is -2.46. The minimum Gasteiger partial charge on any atom is -0.381 e. The van der Waals surface area contributed by atoms with E-state index in [0.29, 0.717) is 31.7 Å². The van der Waals surface area contributed by atoms with Gasteiger partial charge in [-0.1, -0.05) is 6.07 Å². The highest BCUT2D eigenvalue weighted by atomic mass is 32.2. The molecule has 0 saturated carbocycles. The number of hydrogen-bond acceptors (Lipinski definition) is 5. The fourth-order valence-electron chi connectivity index (χ4n) is 2.41. The highest BCUT2D eigenvalue weighted by Crippen LogP contribution is 2.31. The molecule has 4 N–H and O–H groups in total. The first kappa shape index (κ1) is 16.9. The second kappa shape index (κ2) is 6.74. The van der Waals surface area contributed by atoms with Crippen LogP contribution in [0.25, 0.3) is 0 Å². The third kappa shape index (κ3) is 3.46. The minimum absolute atomic E-state index is 0.0987. The lowest BCUT2D eigenvalue weighted by Gasteiger charge is -2.34. The van der Waals surface area contributed by atoms with Gasteiger partial charge >= 0.3 is 0 Å². The zero-order chi connectivity index (χ0) is 16.2. The average Bonchev–Trinajstić information content (AvgIpc) is 2.55. The van der Waals surface area contributed by atoms with Crippen molar-refractivity contribution >= 4 is 21.6 Å². The largest absolute Gasteiger partial charge is 0.381 e. The first-order valence-corrected chi connectivity index (χ1v) is 8.55. The Morgan fingerprint density at radius 1 is 1.36 bits per heavy atom. The van der Waals surface area contributed by atoms with Crippen molar-refractivity contribution in [3.8, 4) is 0 Å². The van der Waals surface area contributed by atoms with Crippen LogP contribution in [0.3, 0.4) is 0 Å². The summed E-state index contributed by atoms with van der Waals surface area (Å²) in [5.74, 6) is -0.197. The number of ether oxygens (including phenoxy) is 1. The van der Waals surface area contributed by atoms with E-state index in [4.69, 9.17) is 10.5 Å². The van der Waals surface area contributed by atoms with E-state index in [1.165, 1.54) is 19.2 Å². The molecule has 1 aromatic carbocycles. The maximum atomic E-state index is 12.5. The van der Waals surface area contributed by atoms with Gasteiger partial charge in [-0.05, 0) is 38.1 Å². The fourth-order valence-corrected chi connectivity index (χ4v) is 3.18. The molecule has 0 atom stereocenters. The van der Waals surface area contributed by atoms with E-state index in [2.05, 4.69) is 10.0 Å². The van der Waals surface area contributed by atoms with Crippen molar-refractivity contribution in [2.45, 2.75) is 17.7 Å². The first-order valence-electron chi connectivity index (χ1n) is 7.06. The Bertz CT molecular complexity index is 639. The number of nitrogens with two attached hydrogens (primary N) is 1. The Labute approximate surface area is 130 Å². The molecule has 0 aromatic heterocycles. The summed E-state index contributed by atoms with van der Waals surface area (Å²) in [5, 5.41) is 2.77. The summed E-state index contributed by atoms with van der Waals surface area (Å²) in [6.45, 7) is 1.23. The normalized spacial score (nSPS) is 17.9. The second-order valence-corrected chi connectivity index (χ2v) is 7.17. The molecule has 1 aromatic rings. The van der Waals surface area contributed by atoms with Crippen LogP contribution in [0.5, 0.6) is 0 Å². The number of anilines is 1. The minimum atomic E-state index is -3.55. The van der Waals surface area contributed by atoms with E-state index in [1.54, 1.807) is 12.1 Å². The van der Waals surface area contributed by atoms with Crippen LogP contribution in [-0.4, -0.2) is 41.1 Å². The molecule has 2 rings (SSSR count). The van der Waals surface area contributed by atoms with Crippen molar-refractivity contribution < 1.29 is 17.9 Å². The molecule has 7 nitrogen and oxygen atoms in total. The summed E-state index contributed by atoms with van der Waals surface area (Å²) in [4.78, 5) is 12.6. The Hall–Kier alpha value is -1.48. The summed E-state index contributed by atoms with van der Waals surface area (Å²) in [7, 11) is -2.21. The van der Waals surface area contributed by atoms with Gasteiger partial charge in [0.15, 0.2) is 0 Å². The highest BCUT2D eigenvalue weighted by Gasteiger charge is 2.38. The van der Waals surface area contributed by atoms with Crippen LogP contribution in [0.1, 0.15) is 12.8 Å². The maximum Gasteiger partial charge on any atom is 0.240 e. The molecule has 1 aliphatic rings. The molecular weight excluding hydrogens is 306 g/mol. The van der Waals surface area contributed by atoms with Crippen LogP contribution in [-0.2, 0) is 19.6 Å². The van der Waals surface area contributed by atoms with Gasteiger partial charge in [-0.3, -0.25) is 4.79 Å². The number of benzene rings is 1. The molecule has 0 unspecified atom stereocenters. The summed E-state index contributed by atoms with van der Waals surface area (Å²) in [6.07, 6.45) is 1.12. The summed E-state index contributed by atoms with van der Waals surface area (Å²) < 4.78 is 31.1. The zero-order valence-corrected chi connectivity index (χ0v) is 13.3. The van der Waals surface area contributed by atoms with Gasteiger partial charge in [0.25, 0.3) is 0 Å². The van der Waals surface area contributed by atoms with Crippen LogP contribution in [0.2, 0.25) is 0 Å². The van der Waals surface area contributed by atoms with Crippen molar-refractivity contribution in [1.82, 2.24) is 4.72 Å². The smallest absolute Gasteiger partial charge is 0.240 e. The van der Waals surface area contributed by atoms with Gasteiger partial charge in [-0.25, -0.2) is 13.1 Å². The predicted molar refractivity (Wildman–Crippen MR) is 82.9 cm³/mol. The molecule has 22 heavy (non-hydrogen) atoms. The summed E-state index contributed by atoms with van der Waals surface area (Å²) in [5.41, 5.74) is 5.57. The number of amides is 1. The van der Waals surface area contributed by atoms with E-state index in [9.17, 15) is 13.2 Å². The molecular formula is C14H21N3O4S. The van der Waals surface area contributed by atoms with E-state index < -0.39 is 15.4 Å². The molecule has 1 fully saturated rings. The molecule has 1 heterocycles. The monoisotopic (exact) mass is 327 g/mol. The Morgan fingerprint density at radius 3 is 2.64 bits per heavy atom. The average molecular weight is 327 g/mol. The SMILES string of the molecule is CNS(=O)(=O)c1cccc(NC(=O)C2(CN)CCOCC2)c1. The topological polar surface area (TPSA) is 111 Å². The van der Waals surface area contributed by atoms with Crippen molar-refractivity contribution in [2.75, 3.05) is 32.1 Å². The van der Waals surface area contributed by atoms with Gasteiger partial charge in [0.1, 0.15) is 0 Å². The molecule has 8 heteroatoms. The maximum absolute atomic E-state index is 12.5. The summed E-state index contributed by atoms with van der Waals surface area (Å²) in [6, 6.07) is 6.12. The van der Waals surface area contributed by atoms with Crippen LogP contribution in [0.15, 0.2) is 29.2 Å². The number of hydrogen-bond donors (Lipinski definition) is 3. The van der Waals surface area contributed by atoms with Crippen molar-refractivity contribution in [3.63, 3.8) is 0 Å². The second-order valence-electron chi connectivity index (χ2n) is 5.29. The van der Waals surface area contributed by atoms with E-state index in [1.807, 2.05) is 0 Å². The van der Waals surface area contributed by atoms with Gasteiger partial charge in [0.2, 0.25) is 15.9 Å². The molecule has 0 aliphatic carbocycles. The quantitative estimate of drug-likeness (QED) is 0.720. The van der Waals surface area contributed by atoms with Gasteiger partial charge < -0.3 is 15.8 Å². The van der Waals surface area contributed by atoms with Crippen molar-refractivity contribution in [3.05, 3.63) is 24.3 Å². The number of carbonyl (C=O) groups excluding carboxylic acids is 1. The molecule has 1 amide bonds. The molecule has 122 valence electrons.